The Bertz CT molecular complexity index is 481. The molecule has 5 nitrogen and oxygen atoms in total. The molecule has 1 saturated heterocycles. The Kier molecular flexibility index (Phi) is 3.06. The van der Waals surface area contributed by atoms with Crippen LogP contribution in [0.5, 0.6) is 0 Å². The highest BCUT2D eigenvalue weighted by Crippen LogP contribution is 2.22. The van der Waals surface area contributed by atoms with Crippen molar-refractivity contribution in [3.63, 3.8) is 0 Å². The van der Waals surface area contributed by atoms with Crippen LogP contribution < -0.4 is 5.32 Å². The van der Waals surface area contributed by atoms with E-state index in [0.717, 1.165) is 23.7 Å². The summed E-state index contributed by atoms with van der Waals surface area (Å²) >= 11 is 1.90. The Balaban J connectivity index is 1.83. The van der Waals surface area contributed by atoms with Gasteiger partial charge in [0.25, 0.3) is 0 Å². The topological polar surface area (TPSA) is 63.8 Å². The summed E-state index contributed by atoms with van der Waals surface area (Å²) in [6.07, 6.45) is 1.72. The molecular weight excluding hydrogens is 236 g/mol. The Morgan fingerprint density at radius 3 is 3.18 bits per heavy atom. The minimum absolute atomic E-state index is 0.165. The van der Waals surface area contributed by atoms with Crippen molar-refractivity contribution in [2.45, 2.75) is 6.04 Å². The van der Waals surface area contributed by atoms with E-state index in [0.29, 0.717) is 11.7 Å². The van der Waals surface area contributed by atoms with Crippen LogP contribution in [0.1, 0.15) is 11.9 Å². The van der Waals surface area contributed by atoms with Crippen molar-refractivity contribution in [3.8, 4) is 11.5 Å². The summed E-state index contributed by atoms with van der Waals surface area (Å²) in [6.45, 7) is 0.983. The van der Waals surface area contributed by atoms with Crippen molar-refractivity contribution in [2.75, 3.05) is 18.1 Å². The second-order valence-electron chi connectivity index (χ2n) is 3.75. The van der Waals surface area contributed by atoms with E-state index >= 15 is 0 Å². The van der Waals surface area contributed by atoms with Gasteiger partial charge < -0.3 is 9.84 Å². The molecule has 0 aromatic carbocycles. The number of nitrogens with one attached hydrogen (secondary N) is 1. The number of rotatable bonds is 2. The molecule has 88 valence electrons. The first-order chi connectivity index (χ1) is 8.43. The van der Waals surface area contributed by atoms with Gasteiger partial charge in [0.1, 0.15) is 5.69 Å². The van der Waals surface area contributed by atoms with Crippen molar-refractivity contribution >= 4 is 11.8 Å². The van der Waals surface area contributed by atoms with Crippen LogP contribution >= 0.6 is 11.8 Å². The second-order valence-corrected chi connectivity index (χ2v) is 4.90. The molecule has 1 N–H and O–H groups in total. The van der Waals surface area contributed by atoms with Gasteiger partial charge in [-0.05, 0) is 12.1 Å². The zero-order valence-corrected chi connectivity index (χ0v) is 9.98. The number of thioether (sulfide) groups is 1. The summed E-state index contributed by atoms with van der Waals surface area (Å²) in [5.41, 5.74) is 0.742. The SMILES string of the molecule is c1ccc(-c2noc(C3CSCCN3)n2)nc1. The Morgan fingerprint density at radius 1 is 1.41 bits per heavy atom. The molecule has 0 saturated carbocycles. The largest absolute Gasteiger partial charge is 0.337 e. The Hall–Kier alpha value is -1.40. The molecule has 0 bridgehead atoms. The normalized spacial score (nSPS) is 20.4. The van der Waals surface area contributed by atoms with E-state index < -0.39 is 0 Å². The molecule has 17 heavy (non-hydrogen) atoms. The van der Waals surface area contributed by atoms with E-state index in [1.54, 1.807) is 6.20 Å². The molecule has 2 aromatic heterocycles. The maximum atomic E-state index is 5.28. The van der Waals surface area contributed by atoms with Crippen molar-refractivity contribution in [1.82, 2.24) is 20.4 Å². The van der Waals surface area contributed by atoms with Crippen molar-refractivity contribution in [3.05, 3.63) is 30.3 Å². The third-order valence-electron chi connectivity index (χ3n) is 2.56. The van der Waals surface area contributed by atoms with Crippen LogP contribution in [0.4, 0.5) is 0 Å². The lowest BCUT2D eigenvalue weighted by Crippen LogP contribution is -2.30. The Labute approximate surface area is 103 Å². The molecule has 1 aliphatic heterocycles. The van der Waals surface area contributed by atoms with E-state index in [1.807, 2.05) is 30.0 Å². The van der Waals surface area contributed by atoms with Gasteiger partial charge in [-0.3, -0.25) is 4.98 Å². The maximum absolute atomic E-state index is 5.28. The van der Waals surface area contributed by atoms with Gasteiger partial charge in [-0.1, -0.05) is 11.2 Å². The fourth-order valence-corrected chi connectivity index (χ4v) is 2.62. The summed E-state index contributed by atoms with van der Waals surface area (Å²) in [5.74, 6) is 3.32. The first-order valence-corrected chi connectivity index (χ1v) is 6.65. The molecule has 0 spiro atoms. The first kappa shape index (κ1) is 10.7. The van der Waals surface area contributed by atoms with Gasteiger partial charge in [0.2, 0.25) is 11.7 Å². The van der Waals surface area contributed by atoms with E-state index in [9.17, 15) is 0 Å². The lowest BCUT2D eigenvalue weighted by atomic mass is 10.3. The quantitative estimate of drug-likeness (QED) is 0.869. The third kappa shape index (κ3) is 2.32. The van der Waals surface area contributed by atoms with Gasteiger partial charge in [-0.15, -0.1) is 0 Å². The van der Waals surface area contributed by atoms with E-state index in [-0.39, 0.29) is 6.04 Å². The first-order valence-electron chi connectivity index (χ1n) is 5.49. The van der Waals surface area contributed by atoms with Crippen molar-refractivity contribution in [1.29, 1.82) is 0 Å². The molecule has 3 rings (SSSR count). The number of pyridine rings is 1. The van der Waals surface area contributed by atoms with E-state index in [2.05, 4.69) is 20.4 Å². The van der Waals surface area contributed by atoms with Gasteiger partial charge in [-0.25, -0.2) is 0 Å². The number of nitrogens with zero attached hydrogens (tertiary/aromatic N) is 3. The maximum Gasteiger partial charge on any atom is 0.244 e. The van der Waals surface area contributed by atoms with Gasteiger partial charge in [0.15, 0.2) is 0 Å². The van der Waals surface area contributed by atoms with Crippen LogP contribution in [-0.4, -0.2) is 33.2 Å². The molecule has 2 aromatic rings. The van der Waals surface area contributed by atoms with Gasteiger partial charge in [0.05, 0.1) is 6.04 Å². The number of hydrogen-bond donors (Lipinski definition) is 1. The predicted molar refractivity (Wildman–Crippen MR) is 65.6 cm³/mol. The fourth-order valence-electron chi connectivity index (χ4n) is 1.70. The van der Waals surface area contributed by atoms with Crippen LogP contribution in [0.2, 0.25) is 0 Å². The summed E-state index contributed by atoms with van der Waals surface area (Å²) < 4.78 is 5.28. The minimum Gasteiger partial charge on any atom is -0.337 e. The van der Waals surface area contributed by atoms with E-state index in [1.165, 1.54) is 0 Å². The average molecular weight is 248 g/mol. The molecule has 6 heteroatoms. The summed E-state index contributed by atoms with van der Waals surface area (Å²) in [4.78, 5) is 8.58. The third-order valence-corrected chi connectivity index (χ3v) is 3.62. The number of hydrogen-bond acceptors (Lipinski definition) is 6. The summed E-state index contributed by atoms with van der Waals surface area (Å²) in [7, 11) is 0. The molecule has 1 fully saturated rings. The Morgan fingerprint density at radius 2 is 2.41 bits per heavy atom. The van der Waals surface area contributed by atoms with Crippen molar-refractivity contribution < 1.29 is 4.52 Å². The van der Waals surface area contributed by atoms with Crippen LogP contribution in [0, 0.1) is 0 Å². The highest BCUT2D eigenvalue weighted by Gasteiger charge is 2.21. The lowest BCUT2D eigenvalue weighted by Gasteiger charge is -2.19. The fraction of sp³-hybridized carbons (Fsp3) is 0.364. The monoisotopic (exact) mass is 248 g/mol. The van der Waals surface area contributed by atoms with Crippen LogP contribution in [-0.2, 0) is 0 Å². The minimum atomic E-state index is 0.165. The molecule has 0 aliphatic carbocycles. The zero-order chi connectivity index (χ0) is 11.5. The zero-order valence-electron chi connectivity index (χ0n) is 9.17. The number of aromatic nitrogens is 3. The molecule has 3 heterocycles. The van der Waals surface area contributed by atoms with Crippen LogP contribution in [0.25, 0.3) is 11.5 Å². The molecule has 0 radical (unpaired) electrons. The molecule has 1 atom stereocenters. The molecule has 0 amide bonds. The van der Waals surface area contributed by atoms with E-state index in [4.69, 9.17) is 4.52 Å². The highest BCUT2D eigenvalue weighted by molar-refractivity contribution is 7.99. The summed E-state index contributed by atoms with van der Waals surface area (Å²) in [6, 6.07) is 5.81. The van der Waals surface area contributed by atoms with Gasteiger partial charge >= 0.3 is 0 Å². The van der Waals surface area contributed by atoms with Crippen LogP contribution in [0.3, 0.4) is 0 Å². The van der Waals surface area contributed by atoms with Gasteiger partial charge in [-0.2, -0.15) is 16.7 Å². The molecule has 1 aliphatic rings. The van der Waals surface area contributed by atoms with Crippen molar-refractivity contribution in [2.24, 2.45) is 0 Å². The smallest absolute Gasteiger partial charge is 0.244 e. The highest BCUT2D eigenvalue weighted by atomic mass is 32.2. The van der Waals surface area contributed by atoms with Gasteiger partial charge in [0, 0.05) is 24.2 Å². The predicted octanol–water partition coefficient (Wildman–Crippen LogP) is 1.51. The molecule has 1 unspecified atom stereocenters. The molecular formula is C11H12N4OS. The standard InChI is InChI=1S/C11H12N4OS/c1-2-4-12-8(3-1)10-14-11(16-15-10)9-7-17-6-5-13-9/h1-4,9,13H,5-7H2. The average Bonchev–Trinajstić information content (AvgIpc) is 2.90. The summed E-state index contributed by atoms with van der Waals surface area (Å²) in [5, 5.41) is 7.33. The lowest BCUT2D eigenvalue weighted by molar-refractivity contribution is 0.342. The second kappa shape index (κ2) is 4.85. The van der Waals surface area contributed by atoms with Crippen LogP contribution in [0.15, 0.2) is 28.9 Å².